The van der Waals surface area contributed by atoms with Crippen molar-refractivity contribution in [1.29, 1.82) is 0 Å². The molecule has 1 fully saturated rings. The Morgan fingerprint density at radius 3 is 2.56 bits per heavy atom. The Bertz CT molecular complexity index is 447. The van der Waals surface area contributed by atoms with Gasteiger partial charge in [0.1, 0.15) is 17.5 Å². The fraction of sp³-hybridized carbons (Fsp3) is 0.462. The number of carbonyl (C=O) groups is 1. The van der Waals surface area contributed by atoms with Crippen LogP contribution in [-0.4, -0.2) is 39.9 Å². The predicted molar refractivity (Wildman–Crippen MR) is 67.3 cm³/mol. The lowest BCUT2D eigenvalue weighted by molar-refractivity contribution is -0.143. The number of rotatable bonds is 4. The van der Waals surface area contributed by atoms with E-state index in [9.17, 15) is 4.79 Å². The van der Waals surface area contributed by atoms with Gasteiger partial charge in [0.2, 0.25) is 0 Å². The van der Waals surface area contributed by atoms with E-state index in [1.807, 2.05) is 23.1 Å². The molecule has 0 spiro atoms. The number of esters is 1. The molecule has 5 heteroatoms. The zero-order valence-corrected chi connectivity index (χ0v) is 10.8. The second-order valence-electron chi connectivity index (χ2n) is 4.06. The van der Waals surface area contributed by atoms with Crippen LogP contribution in [0.3, 0.4) is 0 Å². The van der Waals surface area contributed by atoms with Crippen molar-refractivity contribution in [2.24, 2.45) is 0 Å². The molecule has 18 heavy (non-hydrogen) atoms. The first-order valence-electron chi connectivity index (χ1n) is 5.77. The second kappa shape index (κ2) is 5.16. The van der Waals surface area contributed by atoms with E-state index in [1.54, 1.807) is 14.2 Å². The third-order valence-corrected chi connectivity index (χ3v) is 3.19. The van der Waals surface area contributed by atoms with Crippen LogP contribution < -0.4 is 14.4 Å². The maximum Gasteiger partial charge on any atom is 0.328 e. The minimum atomic E-state index is -0.226. The minimum Gasteiger partial charge on any atom is -0.497 e. The molecule has 0 aromatic heterocycles. The van der Waals surface area contributed by atoms with E-state index in [1.165, 1.54) is 7.11 Å². The van der Waals surface area contributed by atoms with Crippen LogP contribution in [0.25, 0.3) is 0 Å². The first-order chi connectivity index (χ1) is 8.71. The van der Waals surface area contributed by atoms with Gasteiger partial charge in [0, 0.05) is 12.6 Å². The van der Waals surface area contributed by atoms with Gasteiger partial charge in [0.05, 0.1) is 27.0 Å². The number of methoxy groups -OCH3 is 3. The van der Waals surface area contributed by atoms with Crippen molar-refractivity contribution in [2.75, 3.05) is 32.8 Å². The van der Waals surface area contributed by atoms with Gasteiger partial charge in [0.15, 0.2) is 0 Å². The molecule has 0 saturated carbocycles. The van der Waals surface area contributed by atoms with Crippen LogP contribution in [-0.2, 0) is 9.53 Å². The number of anilines is 1. The number of carbonyl (C=O) groups excluding carboxylic acids is 1. The zero-order chi connectivity index (χ0) is 13.1. The fourth-order valence-electron chi connectivity index (χ4n) is 2.08. The molecule has 1 heterocycles. The van der Waals surface area contributed by atoms with E-state index in [4.69, 9.17) is 14.2 Å². The molecule has 0 radical (unpaired) electrons. The van der Waals surface area contributed by atoms with Crippen molar-refractivity contribution >= 4 is 11.7 Å². The number of hydrogen-bond acceptors (Lipinski definition) is 5. The summed E-state index contributed by atoms with van der Waals surface area (Å²) < 4.78 is 15.3. The average Bonchev–Trinajstić information content (AvgIpc) is 2.37. The van der Waals surface area contributed by atoms with E-state index in [-0.39, 0.29) is 12.0 Å². The van der Waals surface area contributed by atoms with Crippen LogP contribution in [0.2, 0.25) is 0 Å². The molecule has 0 aliphatic carbocycles. The average molecular weight is 251 g/mol. The molecule has 0 N–H and O–H groups in total. The number of hydrogen-bond donors (Lipinski definition) is 0. The normalized spacial score (nSPS) is 17.9. The number of ether oxygens (including phenoxy) is 3. The molecule has 2 rings (SSSR count). The fourth-order valence-corrected chi connectivity index (χ4v) is 2.08. The lowest BCUT2D eigenvalue weighted by atomic mass is 10.0. The molecule has 0 bridgehead atoms. The van der Waals surface area contributed by atoms with Gasteiger partial charge in [-0.25, -0.2) is 4.79 Å². The van der Waals surface area contributed by atoms with Crippen molar-refractivity contribution in [3.05, 3.63) is 18.2 Å². The van der Waals surface area contributed by atoms with E-state index in [0.717, 1.165) is 30.2 Å². The summed E-state index contributed by atoms with van der Waals surface area (Å²) >= 11 is 0. The van der Waals surface area contributed by atoms with Crippen LogP contribution in [0.4, 0.5) is 5.69 Å². The third-order valence-electron chi connectivity index (χ3n) is 3.19. The largest absolute Gasteiger partial charge is 0.497 e. The maximum absolute atomic E-state index is 11.6. The van der Waals surface area contributed by atoms with Gasteiger partial charge in [-0.05, 0) is 18.6 Å². The molecule has 1 aliphatic heterocycles. The summed E-state index contributed by atoms with van der Waals surface area (Å²) in [4.78, 5) is 13.6. The third kappa shape index (κ3) is 2.08. The SMILES string of the molecule is COC(=O)C1CCN1c1cc(OC)ccc1OC. The molecular formula is C13H17NO4. The first kappa shape index (κ1) is 12.5. The lowest BCUT2D eigenvalue weighted by Crippen LogP contribution is -2.53. The summed E-state index contributed by atoms with van der Waals surface area (Å²) in [5.41, 5.74) is 0.860. The van der Waals surface area contributed by atoms with Gasteiger partial charge < -0.3 is 19.1 Å². The Balaban J connectivity index is 2.29. The van der Waals surface area contributed by atoms with Crippen molar-refractivity contribution < 1.29 is 19.0 Å². The monoisotopic (exact) mass is 251 g/mol. The highest BCUT2D eigenvalue weighted by Gasteiger charge is 2.36. The number of benzene rings is 1. The first-order valence-corrected chi connectivity index (χ1v) is 5.77. The van der Waals surface area contributed by atoms with Crippen molar-refractivity contribution in [2.45, 2.75) is 12.5 Å². The Kier molecular flexibility index (Phi) is 3.60. The highest BCUT2D eigenvalue weighted by molar-refractivity contribution is 5.83. The summed E-state index contributed by atoms with van der Waals surface area (Å²) in [6.45, 7) is 0.809. The predicted octanol–water partition coefficient (Wildman–Crippen LogP) is 1.46. The quantitative estimate of drug-likeness (QED) is 0.758. The Morgan fingerprint density at radius 1 is 1.28 bits per heavy atom. The Labute approximate surface area is 106 Å². The number of nitrogens with zero attached hydrogens (tertiary/aromatic N) is 1. The van der Waals surface area contributed by atoms with Crippen LogP contribution in [0.5, 0.6) is 11.5 Å². The molecule has 1 aliphatic rings. The van der Waals surface area contributed by atoms with E-state index < -0.39 is 0 Å². The molecule has 1 saturated heterocycles. The van der Waals surface area contributed by atoms with Gasteiger partial charge >= 0.3 is 5.97 Å². The van der Waals surface area contributed by atoms with Gasteiger partial charge in [-0.2, -0.15) is 0 Å². The topological polar surface area (TPSA) is 48.0 Å². The van der Waals surface area contributed by atoms with Crippen LogP contribution in [0.15, 0.2) is 18.2 Å². The van der Waals surface area contributed by atoms with Crippen molar-refractivity contribution in [3.63, 3.8) is 0 Å². The second-order valence-corrected chi connectivity index (χ2v) is 4.06. The maximum atomic E-state index is 11.6. The van der Waals surface area contributed by atoms with Gasteiger partial charge in [-0.3, -0.25) is 0 Å². The van der Waals surface area contributed by atoms with Crippen LogP contribution >= 0.6 is 0 Å². The summed E-state index contributed by atoms with van der Waals surface area (Å²) in [5, 5.41) is 0. The molecule has 1 aromatic carbocycles. The summed E-state index contributed by atoms with van der Waals surface area (Å²) in [5.74, 6) is 1.25. The molecule has 0 amide bonds. The van der Waals surface area contributed by atoms with Gasteiger partial charge in [-0.15, -0.1) is 0 Å². The Morgan fingerprint density at radius 2 is 2.06 bits per heavy atom. The molecule has 1 aromatic rings. The highest BCUT2D eigenvalue weighted by atomic mass is 16.5. The van der Waals surface area contributed by atoms with Crippen LogP contribution in [0.1, 0.15) is 6.42 Å². The molecule has 1 atom stereocenters. The molecule has 1 unspecified atom stereocenters. The molecule has 5 nitrogen and oxygen atoms in total. The van der Waals surface area contributed by atoms with E-state index in [0.29, 0.717) is 0 Å². The Hall–Kier alpha value is -1.91. The smallest absolute Gasteiger partial charge is 0.328 e. The van der Waals surface area contributed by atoms with Crippen molar-refractivity contribution in [3.8, 4) is 11.5 Å². The minimum absolute atomic E-state index is 0.217. The van der Waals surface area contributed by atoms with E-state index >= 15 is 0 Å². The van der Waals surface area contributed by atoms with Crippen molar-refractivity contribution in [1.82, 2.24) is 0 Å². The van der Waals surface area contributed by atoms with Crippen LogP contribution in [0, 0.1) is 0 Å². The van der Waals surface area contributed by atoms with Gasteiger partial charge in [-0.1, -0.05) is 0 Å². The van der Waals surface area contributed by atoms with Gasteiger partial charge in [0.25, 0.3) is 0 Å². The standard InChI is InChI=1S/C13H17NO4/c1-16-9-4-5-12(17-2)11(8-9)14-7-6-10(14)13(15)18-3/h4-5,8,10H,6-7H2,1-3H3. The molecule has 98 valence electrons. The van der Waals surface area contributed by atoms with E-state index in [2.05, 4.69) is 0 Å². The zero-order valence-electron chi connectivity index (χ0n) is 10.8. The lowest BCUT2D eigenvalue weighted by Gasteiger charge is -2.41. The summed E-state index contributed by atoms with van der Waals surface area (Å²) in [7, 11) is 4.62. The highest BCUT2D eigenvalue weighted by Crippen LogP contribution is 2.37. The summed E-state index contributed by atoms with van der Waals surface area (Å²) in [6.07, 6.45) is 0.799. The summed E-state index contributed by atoms with van der Waals surface area (Å²) in [6, 6.07) is 5.31. The molecular weight excluding hydrogens is 234 g/mol.